The molecule has 3 nitrogen and oxygen atoms in total. The lowest BCUT2D eigenvalue weighted by Gasteiger charge is -2.06. The molecule has 1 aromatic carbocycles. The molecular formula is C11H15NO2. The standard InChI is InChI=1S/C11H15NO2/c1-9-3-5-11(6-4-9)14-8-7-12-10(2)13/h3-6H,7-8H2,1-2H3,(H,12,13). The van der Waals surface area contributed by atoms with Crippen LogP contribution in [0.5, 0.6) is 5.75 Å². The lowest BCUT2D eigenvalue weighted by atomic mass is 10.2. The van der Waals surface area contributed by atoms with E-state index in [4.69, 9.17) is 4.74 Å². The van der Waals surface area contributed by atoms with Gasteiger partial charge >= 0.3 is 0 Å². The van der Waals surface area contributed by atoms with E-state index in [0.29, 0.717) is 13.2 Å². The van der Waals surface area contributed by atoms with E-state index in [0.717, 1.165) is 5.75 Å². The van der Waals surface area contributed by atoms with Crippen LogP contribution in [0.3, 0.4) is 0 Å². The van der Waals surface area contributed by atoms with Crippen molar-refractivity contribution in [2.75, 3.05) is 13.2 Å². The highest BCUT2D eigenvalue weighted by atomic mass is 16.5. The van der Waals surface area contributed by atoms with Gasteiger partial charge in [-0.2, -0.15) is 0 Å². The van der Waals surface area contributed by atoms with E-state index >= 15 is 0 Å². The summed E-state index contributed by atoms with van der Waals surface area (Å²) in [7, 11) is 0. The third kappa shape index (κ3) is 3.94. The minimum Gasteiger partial charge on any atom is -0.492 e. The highest BCUT2D eigenvalue weighted by Crippen LogP contribution is 2.10. The van der Waals surface area contributed by atoms with Crippen LogP contribution in [0, 0.1) is 6.92 Å². The topological polar surface area (TPSA) is 38.3 Å². The second kappa shape index (κ2) is 5.27. The summed E-state index contributed by atoms with van der Waals surface area (Å²) >= 11 is 0. The summed E-state index contributed by atoms with van der Waals surface area (Å²) in [6.07, 6.45) is 0. The predicted octanol–water partition coefficient (Wildman–Crippen LogP) is 1.51. The first kappa shape index (κ1) is 10.6. The van der Waals surface area contributed by atoms with E-state index in [-0.39, 0.29) is 5.91 Å². The van der Waals surface area contributed by atoms with Crippen molar-refractivity contribution in [3.63, 3.8) is 0 Å². The van der Waals surface area contributed by atoms with Crippen LogP contribution in [0.4, 0.5) is 0 Å². The van der Waals surface area contributed by atoms with Gasteiger partial charge in [-0.1, -0.05) is 17.7 Å². The average molecular weight is 193 g/mol. The summed E-state index contributed by atoms with van der Waals surface area (Å²) in [5.74, 6) is 0.804. The molecule has 0 aromatic heterocycles. The van der Waals surface area contributed by atoms with Gasteiger partial charge in [-0.25, -0.2) is 0 Å². The molecule has 0 saturated carbocycles. The Labute approximate surface area is 84.1 Å². The Morgan fingerprint density at radius 2 is 2.00 bits per heavy atom. The molecule has 0 unspecified atom stereocenters. The van der Waals surface area contributed by atoms with Gasteiger partial charge in [0.1, 0.15) is 12.4 Å². The maximum absolute atomic E-state index is 10.5. The number of hydrogen-bond acceptors (Lipinski definition) is 2. The molecule has 0 heterocycles. The number of nitrogens with one attached hydrogen (secondary N) is 1. The molecule has 0 spiro atoms. The fourth-order valence-corrected chi connectivity index (χ4v) is 1.03. The van der Waals surface area contributed by atoms with Crippen LogP contribution in [0.1, 0.15) is 12.5 Å². The van der Waals surface area contributed by atoms with Crippen LogP contribution >= 0.6 is 0 Å². The molecular weight excluding hydrogens is 178 g/mol. The van der Waals surface area contributed by atoms with E-state index in [9.17, 15) is 4.79 Å². The van der Waals surface area contributed by atoms with Gasteiger partial charge in [0.05, 0.1) is 6.54 Å². The number of carbonyl (C=O) groups is 1. The Morgan fingerprint density at radius 1 is 1.36 bits per heavy atom. The van der Waals surface area contributed by atoms with Crippen LogP contribution in [-0.2, 0) is 4.79 Å². The number of carbonyl (C=O) groups excluding carboxylic acids is 1. The van der Waals surface area contributed by atoms with Crippen LogP contribution in [0.25, 0.3) is 0 Å². The molecule has 0 aliphatic heterocycles. The molecule has 1 N–H and O–H groups in total. The van der Waals surface area contributed by atoms with Crippen LogP contribution in [0.2, 0.25) is 0 Å². The van der Waals surface area contributed by atoms with Gasteiger partial charge in [-0.3, -0.25) is 4.79 Å². The molecule has 3 heteroatoms. The number of hydrogen-bond donors (Lipinski definition) is 1. The minimum absolute atomic E-state index is 0.0301. The largest absolute Gasteiger partial charge is 0.492 e. The zero-order chi connectivity index (χ0) is 10.4. The lowest BCUT2D eigenvalue weighted by Crippen LogP contribution is -2.25. The molecule has 0 aliphatic rings. The van der Waals surface area contributed by atoms with E-state index in [1.165, 1.54) is 12.5 Å². The maximum atomic E-state index is 10.5. The molecule has 0 radical (unpaired) electrons. The second-order valence-corrected chi connectivity index (χ2v) is 3.14. The predicted molar refractivity (Wildman–Crippen MR) is 55.4 cm³/mol. The zero-order valence-corrected chi connectivity index (χ0v) is 8.54. The average Bonchev–Trinajstić information content (AvgIpc) is 2.15. The Hall–Kier alpha value is -1.51. The van der Waals surface area contributed by atoms with Crippen LogP contribution < -0.4 is 10.1 Å². The summed E-state index contributed by atoms with van der Waals surface area (Å²) < 4.78 is 5.40. The van der Waals surface area contributed by atoms with Gasteiger partial charge in [-0.05, 0) is 19.1 Å². The Balaban J connectivity index is 2.25. The third-order valence-corrected chi connectivity index (χ3v) is 1.77. The first-order chi connectivity index (χ1) is 6.68. The van der Waals surface area contributed by atoms with E-state index in [2.05, 4.69) is 5.32 Å². The first-order valence-electron chi connectivity index (χ1n) is 4.62. The van der Waals surface area contributed by atoms with Crippen molar-refractivity contribution in [3.05, 3.63) is 29.8 Å². The van der Waals surface area contributed by atoms with Crippen molar-refractivity contribution >= 4 is 5.91 Å². The molecule has 76 valence electrons. The van der Waals surface area contributed by atoms with Gasteiger partial charge in [0.15, 0.2) is 0 Å². The SMILES string of the molecule is CC(=O)NCCOc1ccc(C)cc1. The number of rotatable bonds is 4. The van der Waals surface area contributed by atoms with Gasteiger partial charge in [0, 0.05) is 6.92 Å². The first-order valence-corrected chi connectivity index (χ1v) is 4.62. The number of aryl methyl sites for hydroxylation is 1. The van der Waals surface area contributed by atoms with E-state index in [1.54, 1.807) is 0 Å². The van der Waals surface area contributed by atoms with Crippen molar-refractivity contribution in [1.29, 1.82) is 0 Å². The summed E-state index contributed by atoms with van der Waals surface area (Å²) in [6, 6.07) is 7.83. The Bertz CT molecular complexity index is 293. The molecule has 0 atom stereocenters. The highest BCUT2D eigenvalue weighted by molar-refractivity contribution is 5.72. The van der Waals surface area contributed by atoms with Crippen molar-refractivity contribution in [2.45, 2.75) is 13.8 Å². The zero-order valence-electron chi connectivity index (χ0n) is 8.54. The molecule has 1 aromatic rings. The second-order valence-electron chi connectivity index (χ2n) is 3.14. The minimum atomic E-state index is -0.0301. The highest BCUT2D eigenvalue weighted by Gasteiger charge is 1.93. The molecule has 0 aliphatic carbocycles. The third-order valence-electron chi connectivity index (χ3n) is 1.77. The van der Waals surface area contributed by atoms with Gasteiger partial charge in [0.25, 0.3) is 0 Å². The van der Waals surface area contributed by atoms with E-state index in [1.807, 2.05) is 31.2 Å². The monoisotopic (exact) mass is 193 g/mol. The van der Waals surface area contributed by atoms with Gasteiger partial charge in [0.2, 0.25) is 5.91 Å². The smallest absolute Gasteiger partial charge is 0.216 e. The van der Waals surface area contributed by atoms with Crippen molar-refractivity contribution < 1.29 is 9.53 Å². The van der Waals surface area contributed by atoms with Gasteiger partial charge < -0.3 is 10.1 Å². The van der Waals surface area contributed by atoms with E-state index < -0.39 is 0 Å². The van der Waals surface area contributed by atoms with Crippen molar-refractivity contribution in [2.24, 2.45) is 0 Å². The normalized spacial score (nSPS) is 9.57. The van der Waals surface area contributed by atoms with Crippen molar-refractivity contribution in [3.8, 4) is 5.75 Å². The molecule has 14 heavy (non-hydrogen) atoms. The summed E-state index contributed by atoms with van der Waals surface area (Å²) in [5.41, 5.74) is 1.21. The molecule has 0 bridgehead atoms. The molecule has 0 saturated heterocycles. The maximum Gasteiger partial charge on any atom is 0.216 e. The number of benzene rings is 1. The van der Waals surface area contributed by atoms with Gasteiger partial charge in [-0.15, -0.1) is 0 Å². The van der Waals surface area contributed by atoms with Crippen LogP contribution in [0.15, 0.2) is 24.3 Å². The quantitative estimate of drug-likeness (QED) is 0.736. The van der Waals surface area contributed by atoms with Crippen LogP contribution in [-0.4, -0.2) is 19.1 Å². The fourth-order valence-electron chi connectivity index (χ4n) is 1.03. The number of ether oxygens (including phenoxy) is 1. The fraction of sp³-hybridized carbons (Fsp3) is 0.364. The summed E-state index contributed by atoms with van der Waals surface area (Å²) in [6.45, 7) is 4.57. The summed E-state index contributed by atoms with van der Waals surface area (Å²) in [5, 5.41) is 2.66. The molecule has 0 fully saturated rings. The molecule has 1 amide bonds. The summed E-state index contributed by atoms with van der Waals surface area (Å²) in [4.78, 5) is 10.5. The lowest BCUT2D eigenvalue weighted by molar-refractivity contribution is -0.119. The Kier molecular flexibility index (Phi) is 3.98. The molecule has 1 rings (SSSR count). The number of amides is 1. The van der Waals surface area contributed by atoms with Crippen molar-refractivity contribution in [1.82, 2.24) is 5.32 Å². The Morgan fingerprint density at radius 3 is 2.57 bits per heavy atom.